The predicted molar refractivity (Wildman–Crippen MR) is 70.4 cm³/mol. The SMILES string of the molecule is CC1CC(NC(=O)c2cccc([N+](=O)[O-])c2Br)C1. The molecule has 1 amide bonds. The van der Waals surface area contributed by atoms with Crippen molar-refractivity contribution in [3.63, 3.8) is 0 Å². The highest BCUT2D eigenvalue weighted by Crippen LogP contribution is 2.30. The van der Waals surface area contributed by atoms with Gasteiger partial charge in [0.05, 0.1) is 10.5 Å². The number of carbonyl (C=O) groups is 1. The molecule has 5 nitrogen and oxygen atoms in total. The summed E-state index contributed by atoms with van der Waals surface area (Å²) in [5, 5.41) is 13.7. The summed E-state index contributed by atoms with van der Waals surface area (Å²) in [6.07, 6.45) is 1.94. The first-order valence-corrected chi connectivity index (χ1v) is 6.52. The fourth-order valence-corrected chi connectivity index (χ4v) is 2.71. The van der Waals surface area contributed by atoms with Crippen LogP contribution in [0.25, 0.3) is 0 Å². The summed E-state index contributed by atoms with van der Waals surface area (Å²) in [5.74, 6) is 0.381. The molecule has 0 aliphatic heterocycles. The van der Waals surface area contributed by atoms with Crippen molar-refractivity contribution in [3.8, 4) is 0 Å². The van der Waals surface area contributed by atoms with Crippen LogP contribution in [0.3, 0.4) is 0 Å². The van der Waals surface area contributed by atoms with Gasteiger partial charge in [-0.05, 0) is 40.8 Å². The largest absolute Gasteiger partial charge is 0.349 e. The molecule has 96 valence electrons. The van der Waals surface area contributed by atoms with E-state index in [9.17, 15) is 14.9 Å². The highest BCUT2D eigenvalue weighted by atomic mass is 79.9. The molecule has 0 radical (unpaired) electrons. The molecule has 1 fully saturated rings. The molecule has 0 heterocycles. The van der Waals surface area contributed by atoms with Gasteiger partial charge in [-0.1, -0.05) is 13.0 Å². The Morgan fingerprint density at radius 2 is 2.17 bits per heavy atom. The molecule has 0 atom stereocenters. The lowest BCUT2D eigenvalue weighted by atomic mass is 9.82. The average Bonchev–Trinajstić information content (AvgIpc) is 2.26. The van der Waals surface area contributed by atoms with Crippen LogP contribution < -0.4 is 5.32 Å². The minimum atomic E-state index is -0.508. The van der Waals surface area contributed by atoms with E-state index in [-0.39, 0.29) is 22.1 Å². The third-order valence-electron chi connectivity index (χ3n) is 3.13. The van der Waals surface area contributed by atoms with Gasteiger partial charge in [0.25, 0.3) is 11.6 Å². The minimum absolute atomic E-state index is 0.0929. The maximum Gasteiger partial charge on any atom is 0.284 e. The highest BCUT2D eigenvalue weighted by molar-refractivity contribution is 9.10. The smallest absolute Gasteiger partial charge is 0.284 e. The monoisotopic (exact) mass is 312 g/mol. The number of halogens is 1. The number of nitrogens with zero attached hydrogens (tertiary/aromatic N) is 1. The van der Waals surface area contributed by atoms with Crippen LogP contribution in [-0.4, -0.2) is 16.9 Å². The Hall–Kier alpha value is -1.43. The van der Waals surface area contributed by atoms with E-state index in [1.54, 1.807) is 6.07 Å². The van der Waals surface area contributed by atoms with Gasteiger partial charge >= 0.3 is 0 Å². The molecule has 1 saturated carbocycles. The number of carbonyl (C=O) groups excluding carboxylic acids is 1. The van der Waals surface area contributed by atoms with Crippen molar-refractivity contribution in [1.82, 2.24) is 5.32 Å². The Morgan fingerprint density at radius 1 is 1.50 bits per heavy atom. The number of amides is 1. The first-order chi connectivity index (χ1) is 8.49. The number of hydrogen-bond donors (Lipinski definition) is 1. The number of benzene rings is 1. The zero-order valence-corrected chi connectivity index (χ0v) is 11.4. The molecule has 0 aromatic heterocycles. The van der Waals surface area contributed by atoms with E-state index >= 15 is 0 Å². The van der Waals surface area contributed by atoms with Gasteiger partial charge < -0.3 is 5.32 Å². The van der Waals surface area contributed by atoms with Gasteiger partial charge in [-0.25, -0.2) is 0 Å². The van der Waals surface area contributed by atoms with Gasteiger partial charge in [-0.3, -0.25) is 14.9 Å². The molecule has 1 aromatic carbocycles. The zero-order chi connectivity index (χ0) is 13.3. The first kappa shape index (κ1) is 13.0. The summed E-state index contributed by atoms with van der Waals surface area (Å²) in [5.41, 5.74) is 0.216. The second-order valence-electron chi connectivity index (χ2n) is 4.64. The summed E-state index contributed by atoms with van der Waals surface area (Å²) in [4.78, 5) is 22.3. The quantitative estimate of drug-likeness (QED) is 0.689. The molecular formula is C12H13BrN2O3. The lowest BCUT2D eigenvalue weighted by molar-refractivity contribution is -0.385. The number of hydrogen-bond acceptors (Lipinski definition) is 3. The summed E-state index contributed by atoms with van der Waals surface area (Å²) < 4.78 is 0.236. The van der Waals surface area contributed by atoms with Gasteiger partial charge in [0.1, 0.15) is 4.47 Å². The Kier molecular flexibility index (Phi) is 3.65. The van der Waals surface area contributed by atoms with E-state index in [4.69, 9.17) is 0 Å². The van der Waals surface area contributed by atoms with Crippen molar-refractivity contribution in [2.24, 2.45) is 5.92 Å². The fourth-order valence-electron chi connectivity index (χ4n) is 2.12. The van der Waals surface area contributed by atoms with Crippen LogP contribution in [0.1, 0.15) is 30.1 Å². The molecule has 0 saturated heterocycles. The maximum atomic E-state index is 12.0. The summed E-state index contributed by atoms with van der Waals surface area (Å²) >= 11 is 3.12. The molecule has 2 rings (SSSR count). The molecule has 0 spiro atoms. The van der Waals surface area contributed by atoms with Crippen LogP contribution >= 0.6 is 15.9 Å². The van der Waals surface area contributed by atoms with Crippen molar-refractivity contribution in [3.05, 3.63) is 38.3 Å². The van der Waals surface area contributed by atoms with Gasteiger partial charge in [0.15, 0.2) is 0 Å². The van der Waals surface area contributed by atoms with Crippen LogP contribution in [0.2, 0.25) is 0 Å². The molecule has 1 N–H and O–H groups in total. The molecule has 1 aliphatic rings. The van der Waals surface area contributed by atoms with E-state index in [1.807, 2.05) is 0 Å². The first-order valence-electron chi connectivity index (χ1n) is 5.72. The van der Waals surface area contributed by atoms with Crippen molar-refractivity contribution >= 4 is 27.5 Å². The molecule has 1 aromatic rings. The average molecular weight is 313 g/mol. The van der Waals surface area contributed by atoms with Gasteiger partial charge in [-0.15, -0.1) is 0 Å². The standard InChI is InChI=1S/C12H13BrN2O3/c1-7-5-8(6-7)14-12(16)9-3-2-4-10(11(9)13)15(17)18/h2-4,7-8H,5-6H2,1H3,(H,14,16). The normalized spacial score (nSPS) is 22.1. The van der Waals surface area contributed by atoms with Crippen LogP contribution in [0.4, 0.5) is 5.69 Å². The summed E-state index contributed by atoms with van der Waals surface area (Å²) in [7, 11) is 0. The van der Waals surface area contributed by atoms with E-state index in [2.05, 4.69) is 28.2 Å². The van der Waals surface area contributed by atoms with E-state index in [1.165, 1.54) is 12.1 Å². The Bertz CT molecular complexity index is 498. The van der Waals surface area contributed by atoms with Crippen molar-refractivity contribution in [1.29, 1.82) is 0 Å². The number of rotatable bonds is 3. The molecule has 1 aliphatic carbocycles. The van der Waals surface area contributed by atoms with Crippen molar-refractivity contribution in [2.45, 2.75) is 25.8 Å². The summed E-state index contributed by atoms with van der Waals surface area (Å²) in [6, 6.07) is 4.65. The molecule has 0 bridgehead atoms. The zero-order valence-electron chi connectivity index (χ0n) is 9.85. The van der Waals surface area contributed by atoms with Crippen LogP contribution in [0.15, 0.2) is 22.7 Å². The Morgan fingerprint density at radius 3 is 2.72 bits per heavy atom. The lowest BCUT2D eigenvalue weighted by Gasteiger charge is -2.33. The topological polar surface area (TPSA) is 72.2 Å². The van der Waals surface area contributed by atoms with Gasteiger partial charge in [0, 0.05) is 12.1 Å². The van der Waals surface area contributed by atoms with Crippen LogP contribution in [-0.2, 0) is 0 Å². The second kappa shape index (κ2) is 5.06. The van der Waals surface area contributed by atoms with Gasteiger partial charge in [0.2, 0.25) is 0 Å². The number of nitro benzene ring substituents is 1. The molecule has 6 heteroatoms. The van der Waals surface area contributed by atoms with E-state index in [0.29, 0.717) is 11.5 Å². The van der Waals surface area contributed by atoms with Gasteiger partial charge in [-0.2, -0.15) is 0 Å². The predicted octanol–water partition coefficient (Wildman–Crippen LogP) is 2.89. The number of nitrogens with one attached hydrogen (secondary N) is 1. The third kappa shape index (κ3) is 2.53. The number of nitro groups is 1. The van der Waals surface area contributed by atoms with Crippen molar-refractivity contribution < 1.29 is 9.72 Å². The Labute approximate surface area is 113 Å². The minimum Gasteiger partial charge on any atom is -0.349 e. The fraction of sp³-hybridized carbons (Fsp3) is 0.417. The van der Waals surface area contributed by atoms with Crippen LogP contribution in [0, 0.1) is 16.0 Å². The molecular weight excluding hydrogens is 300 g/mol. The van der Waals surface area contributed by atoms with E-state index < -0.39 is 4.92 Å². The molecule has 18 heavy (non-hydrogen) atoms. The highest BCUT2D eigenvalue weighted by Gasteiger charge is 2.28. The summed E-state index contributed by atoms with van der Waals surface area (Å²) in [6.45, 7) is 2.13. The Balaban J connectivity index is 2.15. The van der Waals surface area contributed by atoms with Crippen LogP contribution in [0.5, 0.6) is 0 Å². The second-order valence-corrected chi connectivity index (χ2v) is 5.44. The van der Waals surface area contributed by atoms with Crippen molar-refractivity contribution in [2.75, 3.05) is 0 Å². The third-order valence-corrected chi connectivity index (χ3v) is 3.96. The maximum absolute atomic E-state index is 12.0. The lowest BCUT2D eigenvalue weighted by Crippen LogP contribution is -2.43. The van der Waals surface area contributed by atoms with E-state index in [0.717, 1.165) is 12.8 Å². The molecule has 0 unspecified atom stereocenters.